The zero-order valence-corrected chi connectivity index (χ0v) is 17.2. The van der Waals surface area contributed by atoms with E-state index in [-0.39, 0.29) is 18.9 Å². The number of carbonyl (C=O) groups is 1. The van der Waals surface area contributed by atoms with Gasteiger partial charge >= 0.3 is 6.18 Å². The fourth-order valence-electron chi connectivity index (χ4n) is 2.12. The number of hydrogen-bond donors (Lipinski definition) is 1. The molecule has 10 heteroatoms. The van der Waals surface area contributed by atoms with Crippen LogP contribution in [0.2, 0.25) is 0 Å². The summed E-state index contributed by atoms with van der Waals surface area (Å²) in [5.74, 6) is -0.875. The summed E-state index contributed by atoms with van der Waals surface area (Å²) >= 11 is 6.62. The fraction of sp³-hybridized carbons (Fsp3) is 0.235. The summed E-state index contributed by atoms with van der Waals surface area (Å²) in [4.78, 5) is 21.6. The van der Waals surface area contributed by atoms with Gasteiger partial charge in [0.25, 0.3) is 5.91 Å². The number of oxime groups is 1. The lowest BCUT2D eigenvalue weighted by Gasteiger charge is -2.13. The van der Waals surface area contributed by atoms with Crippen molar-refractivity contribution in [1.82, 2.24) is 10.3 Å². The second kappa shape index (κ2) is 9.32. The Morgan fingerprint density at radius 2 is 2.00 bits per heavy atom. The van der Waals surface area contributed by atoms with Gasteiger partial charge in [0.2, 0.25) is 0 Å². The minimum Gasteiger partial charge on any atom is -0.396 e. The molecular formula is C17H14Br2F3N3O2. The van der Waals surface area contributed by atoms with Crippen LogP contribution in [0, 0.1) is 0 Å². The summed E-state index contributed by atoms with van der Waals surface area (Å²) in [6, 6.07) is 6.30. The molecule has 27 heavy (non-hydrogen) atoms. The molecule has 0 aliphatic carbocycles. The van der Waals surface area contributed by atoms with Crippen LogP contribution in [0.4, 0.5) is 13.2 Å². The van der Waals surface area contributed by atoms with Crippen molar-refractivity contribution in [3.8, 4) is 0 Å². The Balaban J connectivity index is 2.25. The summed E-state index contributed by atoms with van der Waals surface area (Å²) in [5, 5.41) is 6.35. The molecule has 0 saturated carbocycles. The molecule has 1 heterocycles. The van der Waals surface area contributed by atoms with Gasteiger partial charge in [-0.3, -0.25) is 9.78 Å². The standard InChI is InChI=1S/C17H14Br2F3N3O2/c1-2-27-25-14(15-13(19)7-10(18)8-23-15)9-24-16(26)11-5-3-4-6-12(11)17(20,21)22/h3-8H,2,9H2,1H3,(H,24,26)/b25-14-. The number of nitrogens with zero attached hydrogens (tertiary/aromatic N) is 2. The molecule has 0 aliphatic heterocycles. The summed E-state index contributed by atoms with van der Waals surface area (Å²) in [5.41, 5.74) is -0.817. The van der Waals surface area contributed by atoms with Crippen molar-refractivity contribution in [3.63, 3.8) is 0 Å². The smallest absolute Gasteiger partial charge is 0.396 e. The van der Waals surface area contributed by atoms with Gasteiger partial charge < -0.3 is 10.2 Å². The molecule has 0 atom stereocenters. The second-order valence-electron chi connectivity index (χ2n) is 5.17. The van der Waals surface area contributed by atoms with Gasteiger partial charge in [0.15, 0.2) is 0 Å². The van der Waals surface area contributed by atoms with E-state index in [1.165, 1.54) is 18.3 Å². The maximum absolute atomic E-state index is 13.1. The Kier molecular flexibility index (Phi) is 7.37. The normalized spacial score (nSPS) is 12.0. The van der Waals surface area contributed by atoms with E-state index >= 15 is 0 Å². The first-order valence-electron chi connectivity index (χ1n) is 7.68. The maximum atomic E-state index is 13.1. The van der Waals surface area contributed by atoms with E-state index in [9.17, 15) is 18.0 Å². The molecule has 0 fully saturated rings. The van der Waals surface area contributed by atoms with Crippen molar-refractivity contribution < 1.29 is 22.8 Å². The van der Waals surface area contributed by atoms with E-state index in [0.29, 0.717) is 10.2 Å². The molecule has 1 N–H and O–H groups in total. The number of amides is 1. The Morgan fingerprint density at radius 1 is 1.30 bits per heavy atom. The lowest BCUT2D eigenvalue weighted by Crippen LogP contribution is -2.32. The van der Waals surface area contributed by atoms with E-state index in [0.717, 1.165) is 16.6 Å². The van der Waals surface area contributed by atoms with Gasteiger partial charge in [-0.25, -0.2) is 0 Å². The molecule has 2 rings (SSSR count). The first kappa shape index (κ1) is 21.4. The van der Waals surface area contributed by atoms with Crippen LogP contribution >= 0.6 is 31.9 Å². The van der Waals surface area contributed by atoms with Crippen molar-refractivity contribution >= 4 is 43.5 Å². The van der Waals surface area contributed by atoms with E-state index in [2.05, 4.69) is 47.3 Å². The molecule has 0 saturated heterocycles. The maximum Gasteiger partial charge on any atom is 0.417 e. The number of carbonyl (C=O) groups excluding carboxylic acids is 1. The number of pyridine rings is 1. The van der Waals surface area contributed by atoms with Crippen LogP contribution in [0.25, 0.3) is 0 Å². The summed E-state index contributed by atoms with van der Waals surface area (Å²) < 4.78 is 40.6. The molecule has 5 nitrogen and oxygen atoms in total. The Morgan fingerprint density at radius 3 is 2.63 bits per heavy atom. The molecule has 144 valence electrons. The number of benzene rings is 1. The molecular weight excluding hydrogens is 495 g/mol. The number of rotatable bonds is 6. The summed E-state index contributed by atoms with van der Waals surface area (Å²) in [7, 11) is 0. The highest BCUT2D eigenvalue weighted by Gasteiger charge is 2.34. The third-order valence-corrected chi connectivity index (χ3v) is 4.32. The molecule has 0 radical (unpaired) electrons. The molecule has 0 aliphatic rings. The van der Waals surface area contributed by atoms with E-state index in [1.54, 1.807) is 13.0 Å². The Labute approximate surface area is 170 Å². The predicted octanol–water partition coefficient (Wildman–Crippen LogP) is 4.80. The molecule has 1 amide bonds. The van der Waals surface area contributed by atoms with Gasteiger partial charge in [0.1, 0.15) is 18.0 Å². The largest absolute Gasteiger partial charge is 0.417 e. The third kappa shape index (κ3) is 5.77. The molecule has 0 spiro atoms. The third-order valence-electron chi connectivity index (χ3n) is 3.28. The van der Waals surface area contributed by atoms with Gasteiger partial charge in [-0.05, 0) is 57.0 Å². The van der Waals surface area contributed by atoms with Gasteiger partial charge in [-0.15, -0.1) is 0 Å². The lowest BCUT2D eigenvalue weighted by molar-refractivity contribution is -0.137. The number of nitrogens with one attached hydrogen (secondary N) is 1. The van der Waals surface area contributed by atoms with Crippen LogP contribution in [0.1, 0.15) is 28.5 Å². The zero-order chi connectivity index (χ0) is 20.0. The highest BCUT2D eigenvalue weighted by atomic mass is 79.9. The quantitative estimate of drug-likeness (QED) is 0.450. The van der Waals surface area contributed by atoms with Crippen molar-refractivity contribution in [3.05, 3.63) is 62.3 Å². The SMILES string of the molecule is CCO/N=C(/CNC(=O)c1ccccc1C(F)(F)F)c1ncc(Br)cc1Br. The van der Waals surface area contributed by atoms with Gasteiger partial charge in [-0.1, -0.05) is 17.3 Å². The number of alkyl halides is 3. The number of hydrogen-bond acceptors (Lipinski definition) is 4. The highest BCUT2D eigenvalue weighted by molar-refractivity contribution is 9.11. The van der Waals surface area contributed by atoms with E-state index in [4.69, 9.17) is 4.84 Å². The number of halogens is 5. The van der Waals surface area contributed by atoms with Crippen LogP contribution in [-0.2, 0) is 11.0 Å². The van der Waals surface area contributed by atoms with Crippen molar-refractivity contribution in [2.45, 2.75) is 13.1 Å². The summed E-state index contributed by atoms with van der Waals surface area (Å²) in [6.45, 7) is 1.84. The minimum atomic E-state index is -4.63. The van der Waals surface area contributed by atoms with Crippen molar-refractivity contribution in [2.24, 2.45) is 5.16 Å². The van der Waals surface area contributed by atoms with Crippen molar-refractivity contribution in [1.29, 1.82) is 0 Å². The topological polar surface area (TPSA) is 63.6 Å². The molecule has 1 aromatic carbocycles. The van der Waals surface area contributed by atoms with Gasteiger partial charge in [0.05, 0.1) is 17.7 Å². The molecule has 2 aromatic rings. The average Bonchev–Trinajstić information content (AvgIpc) is 2.61. The first-order valence-corrected chi connectivity index (χ1v) is 9.27. The number of aromatic nitrogens is 1. The monoisotopic (exact) mass is 507 g/mol. The van der Waals surface area contributed by atoms with Crippen LogP contribution < -0.4 is 5.32 Å². The van der Waals surface area contributed by atoms with Crippen molar-refractivity contribution in [2.75, 3.05) is 13.2 Å². The summed E-state index contributed by atoms with van der Waals surface area (Å²) in [6.07, 6.45) is -3.10. The van der Waals surface area contributed by atoms with Crippen LogP contribution in [0.15, 0.2) is 50.6 Å². The lowest BCUT2D eigenvalue weighted by atomic mass is 10.1. The van der Waals surface area contributed by atoms with Crippen LogP contribution in [-0.4, -0.2) is 29.8 Å². The van der Waals surface area contributed by atoms with Gasteiger partial charge in [-0.2, -0.15) is 13.2 Å². The highest BCUT2D eigenvalue weighted by Crippen LogP contribution is 2.31. The van der Waals surface area contributed by atoms with Crippen LogP contribution in [0.3, 0.4) is 0 Å². The zero-order valence-electron chi connectivity index (χ0n) is 14.0. The van der Waals surface area contributed by atoms with E-state index < -0.39 is 23.2 Å². The van der Waals surface area contributed by atoms with Crippen LogP contribution in [0.5, 0.6) is 0 Å². The Bertz CT molecular complexity index is 858. The predicted molar refractivity (Wildman–Crippen MR) is 102 cm³/mol. The van der Waals surface area contributed by atoms with Gasteiger partial charge in [0, 0.05) is 15.1 Å². The second-order valence-corrected chi connectivity index (χ2v) is 6.94. The molecule has 0 bridgehead atoms. The molecule has 1 aromatic heterocycles. The molecule has 0 unspecified atom stereocenters. The average molecular weight is 509 g/mol. The minimum absolute atomic E-state index is 0.168. The first-order chi connectivity index (χ1) is 12.7. The Hall–Kier alpha value is -1.94. The fourth-order valence-corrected chi connectivity index (χ4v) is 3.33. The van der Waals surface area contributed by atoms with E-state index in [1.807, 2.05) is 0 Å².